The van der Waals surface area contributed by atoms with Crippen molar-refractivity contribution in [2.75, 3.05) is 17.2 Å². The fraction of sp³-hybridized carbons (Fsp3) is 0.444. The first-order valence-corrected chi connectivity index (χ1v) is 8.63. The van der Waals surface area contributed by atoms with Gasteiger partial charge in [-0.3, -0.25) is 0 Å². The first-order chi connectivity index (χ1) is 12.7. The molecule has 0 unspecified atom stereocenters. The van der Waals surface area contributed by atoms with Gasteiger partial charge in [-0.1, -0.05) is 0 Å². The molecule has 3 N–H and O–H groups in total. The molecule has 0 bridgehead atoms. The van der Waals surface area contributed by atoms with Gasteiger partial charge in [-0.05, 0) is 50.5 Å². The van der Waals surface area contributed by atoms with Crippen molar-refractivity contribution in [3.05, 3.63) is 35.5 Å². The van der Waals surface area contributed by atoms with Gasteiger partial charge in [0, 0.05) is 23.7 Å². The van der Waals surface area contributed by atoms with Crippen LogP contribution >= 0.6 is 0 Å². The number of nitrogens with one attached hydrogen (secondary N) is 2. The van der Waals surface area contributed by atoms with E-state index in [4.69, 9.17) is 0 Å². The lowest BCUT2D eigenvalue weighted by Gasteiger charge is -2.15. The third-order valence-electron chi connectivity index (χ3n) is 4.09. The Labute approximate surface area is 154 Å². The molecular formula is C18H21F3N4O2. The number of aliphatic hydroxyl groups is 1. The van der Waals surface area contributed by atoms with Crippen LogP contribution in [0.1, 0.15) is 36.9 Å². The Morgan fingerprint density at radius 3 is 2.59 bits per heavy atom. The highest BCUT2D eigenvalue weighted by Gasteiger charge is 2.31. The fourth-order valence-electron chi connectivity index (χ4n) is 2.56. The lowest BCUT2D eigenvalue weighted by atomic mass is 10.2. The Morgan fingerprint density at radius 2 is 2.00 bits per heavy atom. The summed E-state index contributed by atoms with van der Waals surface area (Å²) in [6.07, 6.45) is -2.60. The van der Waals surface area contributed by atoms with Gasteiger partial charge in [-0.2, -0.15) is 4.98 Å². The Balaban J connectivity index is 1.82. The number of alkyl halides is 3. The smallest absolute Gasteiger partial charge is 0.406 e. The Kier molecular flexibility index (Phi) is 5.41. The zero-order chi connectivity index (χ0) is 19.6. The van der Waals surface area contributed by atoms with Crippen molar-refractivity contribution >= 4 is 17.5 Å². The molecule has 1 aliphatic rings. The minimum Gasteiger partial charge on any atom is -0.406 e. The summed E-state index contributed by atoms with van der Waals surface area (Å²) >= 11 is 0. The molecule has 0 amide bonds. The van der Waals surface area contributed by atoms with E-state index in [2.05, 4.69) is 25.3 Å². The number of anilines is 3. The first-order valence-electron chi connectivity index (χ1n) is 8.63. The normalized spacial score (nSPS) is 15.3. The van der Waals surface area contributed by atoms with Gasteiger partial charge in [0.25, 0.3) is 0 Å². The molecule has 1 aromatic carbocycles. The molecule has 0 radical (unpaired) electrons. The van der Waals surface area contributed by atoms with Crippen molar-refractivity contribution in [2.45, 2.75) is 45.0 Å². The maximum Gasteiger partial charge on any atom is 0.573 e. The molecule has 1 saturated carbocycles. The van der Waals surface area contributed by atoms with E-state index < -0.39 is 6.36 Å². The summed E-state index contributed by atoms with van der Waals surface area (Å²) in [6, 6.07) is 5.71. The molecular weight excluding hydrogens is 361 g/mol. The van der Waals surface area contributed by atoms with Crippen molar-refractivity contribution in [3.8, 4) is 5.75 Å². The van der Waals surface area contributed by atoms with E-state index >= 15 is 0 Å². The molecule has 1 atom stereocenters. The van der Waals surface area contributed by atoms with Gasteiger partial charge < -0.3 is 20.5 Å². The third kappa shape index (κ3) is 5.46. The average Bonchev–Trinajstić information content (AvgIpc) is 3.40. The summed E-state index contributed by atoms with van der Waals surface area (Å²) < 4.78 is 41.0. The highest BCUT2D eigenvalue weighted by Crippen LogP contribution is 2.40. The van der Waals surface area contributed by atoms with Gasteiger partial charge in [0.05, 0.1) is 12.3 Å². The number of halogens is 3. The summed E-state index contributed by atoms with van der Waals surface area (Å²) in [5.74, 6) is 1.05. The summed E-state index contributed by atoms with van der Waals surface area (Å²) in [6.45, 7) is 3.44. The Hall–Kier alpha value is -2.55. The first kappa shape index (κ1) is 19.2. The lowest BCUT2D eigenvalue weighted by molar-refractivity contribution is -0.274. The van der Waals surface area contributed by atoms with E-state index in [-0.39, 0.29) is 18.4 Å². The van der Waals surface area contributed by atoms with Gasteiger partial charge >= 0.3 is 6.36 Å². The van der Waals surface area contributed by atoms with Crippen LogP contribution in [0.5, 0.6) is 5.75 Å². The third-order valence-corrected chi connectivity index (χ3v) is 4.09. The molecule has 0 spiro atoms. The number of aromatic nitrogens is 2. The van der Waals surface area contributed by atoms with Crippen LogP contribution in [0.3, 0.4) is 0 Å². The highest BCUT2D eigenvalue weighted by molar-refractivity contribution is 5.63. The van der Waals surface area contributed by atoms with Crippen molar-refractivity contribution in [2.24, 2.45) is 0 Å². The molecule has 146 valence electrons. The Bertz CT molecular complexity index is 810. The van der Waals surface area contributed by atoms with Crippen LogP contribution in [0.4, 0.5) is 30.6 Å². The number of hydrogen-bond acceptors (Lipinski definition) is 6. The van der Waals surface area contributed by atoms with Crippen molar-refractivity contribution in [3.63, 3.8) is 0 Å². The van der Waals surface area contributed by atoms with Crippen LogP contribution in [-0.2, 0) is 0 Å². The summed E-state index contributed by atoms with van der Waals surface area (Å²) in [5, 5.41) is 15.4. The quantitative estimate of drug-likeness (QED) is 0.669. The highest BCUT2D eigenvalue weighted by atomic mass is 19.4. The van der Waals surface area contributed by atoms with E-state index in [0.717, 1.165) is 18.5 Å². The minimum atomic E-state index is -4.73. The second-order valence-electron chi connectivity index (χ2n) is 6.65. The van der Waals surface area contributed by atoms with E-state index in [9.17, 15) is 18.3 Å². The van der Waals surface area contributed by atoms with Crippen LogP contribution in [0.2, 0.25) is 0 Å². The summed E-state index contributed by atoms with van der Waals surface area (Å²) in [7, 11) is 0. The Morgan fingerprint density at radius 1 is 1.26 bits per heavy atom. The standard InChI is InChI=1S/C18H21F3N4O2/c1-10-7-13(27-18(19,20)21)5-6-14(10)23-16-8-15(12-3-4-12)24-17(25-16)22-11(2)9-26/h5-8,11-12,26H,3-4,9H2,1-2H3,(H2,22,23,24,25)/t11-/m0/s1. The molecule has 27 heavy (non-hydrogen) atoms. The van der Waals surface area contributed by atoms with Crippen LogP contribution < -0.4 is 15.4 Å². The monoisotopic (exact) mass is 382 g/mol. The largest absolute Gasteiger partial charge is 0.573 e. The fourth-order valence-corrected chi connectivity index (χ4v) is 2.56. The SMILES string of the molecule is Cc1cc(OC(F)(F)F)ccc1Nc1cc(C2CC2)nc(N[C@@H](C)CO)n1. The van der Waals surface area contributed by atoms with Crippen molar-refractivity contribution < 1.29 is 23.0 Å². The summed E-state index contributed by atoms with van der Waals surface area (Å²) in [4.78, 5) is 8.88. The van der Waals surface area contributed by atoms with E-state index in [1.54, 1.807) is 6.92 Å². The maximum atomic E-state index is 12.3. The maximum absolute atomic E-state index is 12.3. The van der Waals surface area contributed by atoms with Crippen LogP contribution in [0.15, 0.2) is 24.3 Å². The number of aliphatic hydroxyl groups excluding tert-OH is 1. The van der Waals surface area contributed by atoms with E-state index in [1.807, 2.05) is 13.0 Å². The number of rotatable bonds is 7. The molecule has 6 nitrogen and oxygen atoms in total. The topological polar surface area (TPSA) is 79.3 Å². The number of aryl methyl sites for hydroxylation is 1. The predicted octanol–water partition coefficient (Wildman–Crippen LogP) is 4.10. The predicted molar refractivity (Wildman–Crippen MR) is 95.3 cm³/mol. The molecule has 1 aliphatic carbocycles. The number of nitrogens with zero attached hydrogens (tertiary/aromatic N) is 2. The van der Waals surface area contributed by atoms with Crippen molar-refractivity contribution in [1.82, 2.24) is 9.97 Å². The molecule has 2 aromatic rings. The number of ether oxygens (including phenoxy) is 1. The van der Waals surface area contributed by atoms with Gasteiger partial charge in [0.15, 0.2) is 0 Å². The van der Waals surface area contributed by atoms with Crippen LogP contribution in [0, 0.1) is 6.92 Å². The molecule has 1 heterocycles. The minimum absolute atomic E-state index is 0.0560. The molecule has 1 aromatic heterocycles. The van der Waals surface area contributed by atoms with Gasteiger partial charge in [-0.15, -0.1) is 13.2 Å². The molecule has 9 heteroatoms. The van der Waals surface area contributed by atoms with Crippen molar-refractivity contribution in [1.29, 1.82) is 0 Å². The second-order valence-corrected chi connectivity index (χ2v) is 6.65. The van der Waals surface area contributed by atoms with Crippen LogP contribution in [0.25, 0.3) is 0 Å². The van der Waals surface area contributed by atoms with E-state index in [0.29, 0.717) is 28.9 Å². The number of benzene rings is 1. The second kappa shape index (κ2) is 7.59. The van der Waals surface area contributed by atoms with Gasteiger partial charge in [-0.25, -0.2) is 4.98 Å². The molecule has 3 rings (SSSR count). The number of hydrogen-bond donors (Lipinski definition) is 3. The van der Waals surface area contributed by atoms with Gasteiger partial charge in [0.1, 0.15) is 11.6 Å². The molecule has 0 aliphatic heterocycles. The zero-order valence-electron chi connectivity index (χ0n) is 15.0. The lowest BCUT2D eigenvalue weighted by Crippen LogP contribution is -2.21. The summed E-state index contributed by atoms with van der Waals surface area (Å²) in [5.41, 5.74) is 2.10. The molecule has 0 saturated heterocycles. The van der Waals surface area contributed by atoms with Gasteiger partial charge in [0.2, 0.25) is 5.95 Å². The van der Waals surface area contributed by atoms with E-state index in [1.165, 1.54) is 18.2 Å². The zero-order valence-corrected chi connectivity index (χ0v) is 15.0. The van der Waals surface area contributed by atoms with Crippen LogP contribution in [-0.4, -0.2) is 34.1 Å². The molecule has 1 fully saturated rings. The average molecular weight is 382 g/mol.